The van der Waals surface area contributed by atoms with E-state index >= 15 is 0 Å². The van der Waals surface area contributed by atoms with Crippen molar-refractivity contribution >= 4 is 35.1 Å². The number of halogens is 1. The van der Waals surface area contributed by atoms with Crippen LogP contribution in [0.1, 0.15) is 12.8 Å². The number of piperazine rings is 1. The molecule has 2 aliphatic rings. The second kappa shape index (κ2) is 9.14. The van der Waals surface area contributed by atoms with Gasteiger partial charge in [-0.2, -0.15) is 0 Å². The molecule has 8 nitrogen and oxygen atoms in total. The topological polar surface area (TPSA) is 99.0 Å². The molecule has 152 valence electrons. The van der Waals surface area contributed by atoms with E-state index in [2.05, 4.69) is 10.2 Å². The average molecular weight is 408 g/mol. The molecule has 3 N–H and O–H groups in total. The van der Waals surface area contributed by atoms with E-state index in [1.54, 1.807) is 9.80 Å². The summed E-state index contributed by atoms with van der Waals surface area (Å²) in [5.74, 6) is -0.597. The molecule has 2 fully saturated rings. The fourth-order valence-electron chi connectivity index (χ4n) is 3.63. The van der Waals surface area contributed by atoms with Gasteiger partial charge in [0.1, 0.15) is 0 Å². The number of nitrogens with one attached hydrogen (secondary N) is 1. The van der Waals surface area contributed by atoms with Crippen LogP contribution in [0.25, 0.3) is 0 Å². The molecule has 0 saturated carbocycles. The maximum atomic E-state index is 12.4. The third-order valence-electron chi connectivity index (χ3n) is 5.38. The Morgan fingerprint density at radius 1 is 1.04 bits per heavy atom. The number of amides is 4. The van der Waals surface area contributed by atoms with Crippen molar-refractivity contribution in [2.45, 2.75) is 12.8 Å². The Kier molecular flexibility index (Phi) is 6.61. The predicted molar refractivity (Wildman–Crippen MR) is 107 cm³/mol. The summed E-state index contributed by atoms with van der Waals surface area (Å²) in [4.78, 5) is 41.4. The Labute approximate surface area is 169 Å². The molecular weight excluding hydrogens is 382 g/mol. The van der Waals surface area contributed by atoms with Gasteiger partial charge >= 0.3 is 6.03 Å². The zero-order valence-electron chi connectivity index (χ0n) is 15.8. The highest BCUT2D eigenvalue weighted by Crippen LogP contribution is 2.21. The van der Waals surface area contributed by atoms with E-state index < -0.39 is 0 Å². The second-order valence-electron chi connectivity index (χ2n) is 7.17. The van der Waals surface area contributed by atoms with E-state index in [1.165, 1.54) is 0 Å². The van der Waals surface area contributed by atoms with E-state index in [1.807, 2.05) is 24.3 Å². The number of nitrogens with two attached hydrogens (primary N) is 1. The highest BCUT2D eigenvalue weighted by atomic mass is 35.5. The number of hydrogen-bond donors (Lipinski definition) is 2. The van der Waals surface area contributed by atoms with Crippen molar-refractivity contribution in [3.63, 3.8) is 0 Å². The number of rotatable bonds is 4. The van der Waals surface area contributed by atoms with Crippen LogP contribution in [0.4, 0.5) is 10.5 Å². The quantitative estimate of drug-likeness (QED) is 0.774. The summed E-state index contributed by atoms with van der Waals surface area (Å²) in [6.07, 6.45) is 1.17. The Hall–Kier alpha value is -2.48. The fourth-order valence-corrected chi connectivity index (χ4v) is 3.81. The number of primary amides is 1. The van der Waals surface area contributed by atoms with Crippen molar-refractivity contribution in [2.75, 3.05) is 50.7 Å². The maximum Gasteiger partial charge on any atom is 0.317 e. The SMILES string of the molecule is NC(=O)C1CCN(C(=O)CNC(=O)N2CCN(c3cccc(Cl)c3)CC2)CC1. The van der Waals surface area contributed by atoms with E-state index in [0.29, 0.717) is 57.1 Å². The largest absolute Gasteiger partial charge is 0.369 e. The standard InChI is InChI=1S/C19H26ClN5O3/c20-15-2-1-3-16(12-15)23-8-10-25(11-9-23)19(28)22-13-17(26)24-6-4-14(5-7-24)18(21)27/h1-3,12,14H,4-11,13H2,(H2,21,27)(H,22,28). The molecule has 4 amide bonds. The third-order valence-corrected chi connectivity index (χ3v) is 5.62. The summed E-state index contributed by atoms with van der Waals surface area (Å²) in [5.41, 5.74) is 6.35. The normalized spacial score (nSPS) is 18.1. The van der Waals surface area contributed by atoms with Gasteiger partial charge in [-0.1, -0.05) is 17.7 Å². The maximum absolute atomic E-state index is 12.4. The summed E-state index contributed by atoms with van der Waals surface area (Å²) in [5, 5.41) is 3.40. The lowest BCUT2D eigenvalue weighted by atomic mass is 9.96. The number of carbonyl (C=O) groups is 3. The first-order valence-electron chi connectivity index (χ1n) is 9.54. The van der Waals surface area contributed by atoms with Crippen LogP contribution in [-0.4, -0.2) is 73.5 Å². The Bertz CT molecular complexity index is 728. The Morgan fingerprint density at radius 3 is 2.32 bits per heavy atom. The zero-order chi connectivity index (χ0) is 20.1. The third kappa shape index (κ3) is 5.07. The monoisotopic (exact) mass is 407 g/mol. The van der Waals surface area contributed by atoms with Gasteiger partial charge in [-0.25, -0.2) is 4.79 Å². The van der Waals surface area contributed by atoms with Crippen molar-refractivity contribution in [1.82, 2.24) is 15.1 Å². The lowest BCUT2D eigenvalue weighted by molar-refractivity contribution is -0.133. The van der Waals surface area contributed by atoms with Crippen LogP contribution in [0.3, 0.4) is 0 Å². The molecule has 3 rings (SSSR count). The van der Waals surface area contributed by atoms with Crippen LogP contribution in [0, 0.1) is 5.92 Å². The van der Waals surface area contributed by atoms with Crippen molar-refractivity contribution < 1.29 is 14.4 Å². The number of anilines is 1. The minimum absolute atomic E-state index is 0.0332. The molecule has 2 heterocycles. The Morgan fingerprint density at radius 2 is 1.71 bits per heavy atom. The van der Waals surface area contributed by atoms with Gasteiger partial charge in [0.15, 0.2) is 0 Å². The number of nitrogens with zero attached hydrogens (tertiary/aromatic N) is 3. The van der Waals surface area contributed by atoms with Gasteiger partial charge in [0.25, 0.3) is 0 Å². The van der Waals surface area contributed by atoms with Gasteiger partial charge in [-0.15, -0.1) is 0 Å². The summed E-state index contributed by atoms with van der Waals surface area (Å²) in [7, 11) is 0. The van der Waals surface area contributed by atoms with Crippen LogP contribution in [0.15, 0.2) is 24.3 Å². The highest BCUT2D eigenvalue weighted by Gasteiger charge is 2.27. The first kappa shape index (κ1) is 20.3. The number of benzene rings is 1. The van der Waals surface area contributed by atoms with E-state index in [0.717, 1.165) is 5.69 Å². The number of urea groups is 1. The molecule has 0 aliphatic carbocycles. The number of likely N-dealkylation sites (tertiary alicyclic amines) is 1. The molecule has 0 radical (unpaired) electrons. The molecule has 28 heavy (non-hydrogen) atoms. The molecule has 0 spiro atoms. The van der Waals surface area contributed by atoms with Crippen molar-refractivity contribution in [2.24, 2.45) is 11.7 Å². The molecule has 1 aromatic rings. The van der Waals surface area contributed by atoms with Crippen molar-refractivity contribution in [3.05, 3.63) is 29.3 Å². The van der Waals surface area contributed by atoms with Crippen LogP contribution in [0.2, 0.25) is 5.02 Å². The van der Waals surface area contributed by atoms with Gasteiger partial charge in [0.05, 0.1) is 6.54 Å². The minimum atomic E-state index is -0.308. The molecule has 2 saturated heterocycles. The lowest BCUT2D eigenvalue weighted by Gasteiger charge is -2.36. The van der Waals surface area contributed by atoms with Crippen molar-refractivity contribution in [3.8, 4) is 0 Å². The molecule has 0 bridgehead atoms. The van der Waals surface area contributed by atoms with Gasteiger partial charge in [-0.05, 0) is 31.0 Å². The van der Waals surface area contributed by atoms with E-state index in [4.69, 9.17) is 17.3 Å². The molecular formula is C19H26ClN5O3. The highest BCUT2D eigenvalue weighted by molar-refractivity contribution is 6.30. The zero-order valence-corrected chi connectivity index (χ0v) is 16.5. The molecule has 1 aromatic carbocycles. The molecule has 0 aromatic heterocycles. The predicted octanol–water partition coefficient (Wildman–Crippen LogP) is 0.895. The molecule has 9 heteroatoms. The summed E-state index contributed by atoms with van der Waals surface area (Å²) in [6, 6.07) is 7.43. The van der Waals surface area contributed by atoms with Crippen LogP contribution >= 0.6 is 11.6 Å². The Balaban J connectivity index is 1.40. The number of carbonyl (C=O) groups excluding carboxylic acids is 3. The first-order chi connectivity index (χ1) is 13.4. The van der Waals surface area contributed by atoms with Crippen LogP contribution in [0.5, 0.6) is 0 Å². The fraction of sp³-hybridized carbons (Fsp3) is 0.526. The van der Waals surface area contributed by atoms with E-state index in [-0.39, 0.29) is 30.3 Å². The van der Waals surface area contributed by atoms with E-state index in [9.17, 15) is 14.4 Å². The average Bonchev–Trinajstić information content (AvgIpc) is 2.72. The number of hydrogen-bond acceptors (Lipinski definition) is 4. The van der Waals surface area contributed by atoms with Gasteiger partial charge in [-0.3, -0.25) is 9.59 Å². The summed E-state index contributed by atoms with van der Waals surface area (Å²) >= 11 is 6.04. The summed E-state index contributed by atoms with van der Waals surface area (Å²) in [6.45, 7) is 3.55. The van der Waals surface area contributed by atoms with Crippen LogP contribution in [-0.2, 0) is 9.59 Å². The molecule has 2 aliphatic heterocycles. The molecule has 0 unspecified atom stereocenters. The number of piperidine rings is 1. The summed E-state index contributed by atoms with van der Waals surface area (Å²) < 4.78 is 0. The van der Waals surface area contributed by atoms with Gasteiger partial charge in [0.2, 0.25) is 11.8 Å². The second-order valence-corrected chi connectivity index (χ2v) is 7.61. The first-order valence-corrected chi connectivity index (χ1v) is 9.92. The minimum Gasteiger partial charge on any atom is -0.369 e. The molecule has 0 atom stereocenters. The smallest absolute Gasteiger partial charge is 0.317 e. The lowest BCUT2D eigenvalue weighted by Crippen LogP contribution is -2.53. The van der Waals surface area contributed by atoms with Gasteiger partial charge in [0, 0.05) is 55.9 Å². The van der Waals surface area contributed by atoms with Gasteiger partial charge < -0.3 is 25.8 Å². The van der Waals surface area contributed by atoms with Crippen molar-refractivity contribution in [1.29, 1.82) is 0 Å². The van der Waals surface area contributed by atoms with Crippen LogP contribution < -0.4 is 16.0 Å².